The van der Waals surface area contributed by atoms with Crippen LogP contribution in [0.4, 0.5) is 0 Å². The van der Waals surface area contributed by atoms with Gasteiger partial charge in [-0.3, -0.25) is 14.5 Å². The van der Waals surface area contributed by atoms with Gasteiger partial charge in [-0.2, -0.15) is 0 Å². The highest BCUT2D eigenvalue weighted by molar-refractivity contribution is 6.22. The van der Waals surface area contributed by atoms with Crippen LogP contribution >= 0.6 is 12.4 Å². The maximum Gasteiger partial charge on any atom is 0.326 e. The van der Waals surface area contributed by atoms with Crippen LogP contribution in [0.1, 0.15) is 33.6 Å². The lowest BCUT2D eigenvalue weighted by Gasteiger charge is -2.22. The normalized spacial score (nSPS) is 14.8. The highest BCUT2D eigenvalue weighted by atomic mass is 35.5. The van der Waals surface area contributed by atoms with Gasteiger partial charge in [-0.25, -0.2) is 4.79 Å². The fourth-order valence-electron chi connectivity index (χ4n) is 2.17. The molecule has 2 amide bonds. The molecule has 1 heterocycles. The van der Waals surface area contributed by atoms with Gasteiger partial charge in [-0.15, -0.1) is 12.4 Å². The van der Waals surface area contributed by atoms with Gasteiger partial charge in [0, 0.05) is 0 Å². The van der Waals surface area contributed by atoms with Gasteiger partial charge in [0.1, 0.15) is 6.04 Å². The topological polar surface area (TPSA) is 101 Å². The number of carboxylic acids is 1. The summed E-state index contributed by atoms with van der Waals surface area (Å²) in [6.07, 6.45) is 0.599. The number of carbonyl (C=O) groups is 3. The minimum absolute atomic E-state index is 0. The first-order valence-electron chi connectivity index (χ1n) is 5.97. The summed E-state index contributed by atoms with van der Waals surface area (Å²) in [5.74, 6) is -2.29. The first-order valence-corrected chi connectivity index (χ1v) is 5.97. The molecule has 108 valence electrons. The first kappa shape index (κ1) is 16.1. The Kier molecular flexibility index (Phi) is 5.24. The molecule has 7 heteroatoms. The predicted octanol–water partition coefficient (Wildman–Crippen LogP) is 0.896. The van der Waals surface area contributed by atoms with Crippen molar-refractivity contribution < 1.29 is 19.5 Å². The van der Waals surface area contributed by atoms with E-state index in [4.69, 9.17) is 5.73 Å². The number of halogens is 1. The van der Waals surface area contributed by atoms with Crippen LogP contribution in [0.15, 0.2) is 24.3 Å². The highest BCUT2D eigenvalue weighted by Crippen LogP contribution is 2.25. The molecule has 0 spiro atoms. The third-order valence-corrected chi connectivity index (χ3v) is 3.10. The molecular weight excluding hydrogens is 284 g/mol. The number of nitrogens with zero attached hydrogens (tertiary/aromatic N) is 1. The summed E-state index contributed by atoms with van der Waals surface area (Å²) in [6.45, 7) is 0.312. The molecule has 0 saturated heterocycles. The molecule has 0 aliphatic carbocycles. The van der Waals surface area contributed by atoms with Gasteiger partial charge in [-0.1, -0.05) is 12.1 Å². The van der Waals surface area contributed by atoms with E-state index in [1.54, 1.807) is 12.1 Å². The Bertz CT molecular complexity index is 512. The molecule has 1 aromatic rings. The van der Waals surface area contributed by atoms with E-state index in [1.807, 2.05) is 0 Å². The molecular formula is C13H15ClN2O4. The summed E-state index contributed by atoms with van der Waals surface area (Å²) in [5.41, 5.74) is 5.86. The quantitative estimate of drug-likeness (QED) is 0.786. The van der Waals surface area contributed by atoms with Gasteiger partial charge in [-0.05, 0) is 31.5 Å². The molecule has 1 aliphatic heterocycles. The number of rotatable bonds is 5. The van der Waals surface area contributed by atoms with E-state index in [9.17, 15) is 19.5 Å². The van der Waals surface area contributed by atoms with Crippen molar-refractivity contribution in [2.24, 2.45) is 5.73 Å². The lowest BCUT2D eigenvalue weighted by Crippen LogP contribution is -2.45. The number of carbonyl (C=O) groups excluding carboxylic acids is 2. The smallest absolute Gasteiger partial charge is 0.326 e. The molecule has 2 rings (SSSR count). The van der Waals surface area contributed by atoms with E-state index in [2.05, 4.69) is 0 Å². The molecule has 0 saturated carbocycles. The largest absolute Gasteiger partial charge is 0.480 e. The van der Waals surface area contributed by atoms with Crippen LogP contribution in [0.5, 0.6) is 0 Å². The molecule has 20 heavy (non-hydrogen) atoms. The second-order valence-electron chi connectivity index (χ2n) is 4.31. The van der Waals surface area contributed by atoms with Crippen molar-refractivity contribution in [2.75, 3.05) is 6.54 Å². The van der Waals surface area contributed by atoms with E-state index in [-0.39, 0.29) is 30.0 Å². The molecule has 0 radical (unpaired) electrons. The average Bonchev–Trinajstić information content (AvgIpc) is 2.64. The Morgan fingerprint density at radius 1 is 1.20 bits per heavy atom. The van der Waals surface area contributed by atoms with Gasteiger partial charge in [0.15, 0.2) is 0 Å². The van der Waals surface area contributed by atoms with Gasteiger partial charge in [0.05, 0.1) is 11.1 Å². The van der Waals surface area contributed by atoms with Crippen LogP contribution in [0.2, 0.25) is 0 Å². The third-order valence-electron chi connectivity index (χ3n) is 3.10. The fraction of sp³-hybridized carbons (Fsp3) is 0.308. The monoisotopic (exact) mass is 298 g/mol. The van der Waals surface area contributed by atoms with Crippen molar-refractivity contribution in [2.45, 2.75) is 18.9 Å². The van der Waals surface area contributed by atoms with Crippen molar-refractivity contribution in [1.82, 2.24) is 4.90 Å². The minimum Gasteiger partial charge on any atom is -0.480 e. The number of imide groups is 1. The summed E-state index contributed by atoms with van der Waals surface area (Å²) < 4.78 is 0. The highest BCUT2D eigenvalue weighted by Gasteiger charge is 2.42. The van der Waals surface area contributed by atoms with E-state index in [0.29, 0.717) is 13.0 Å². The molecule has 0 fully saturated rings. The Hall–Kier alpha value is -1.92. The Labute approximate surface area is 122 Å². The van der Waals surface area contributed by atoms with Crippen LogP contribution < -0.4 is 5.73 Å². The van der Waals surface area contributed by atoms with Crippen molar-refractivity contribution in [3.63, 3.8) is 0 Å². The second kappa shape index (κ2) is 6.49. The zero-order valence-electron chi connectivity index (χ0n) is 10.6. The lowest BCUT2D eigenvalue weighted by atomic mass is 10.1. The maximum absolute atomic E-state index is 12.1. The van der Waals surface area contributed by atoms with Gasteiger partial charge >= 0.3 is 5.97 Å². The third kappa shape index (κ3) is 2.66. The van der Waals surface area contributed by atoms with E-state index in [1.165, 1.54) is 12.1 Å². The summed E-state index contributed by atoms with van der Waals surface area (Å²) >= 11 is 0. The number of benzene rings is 1. The number of hydrogen-bond acceptors (Lipinski definition) is 4. The van der Waals surface area contributed by atoms with Crippen LogP contribution in [-0.2, 0) is 4.79 Å². The number of fused-ring (bicyclic) bond motifs is 1. The van der Waals surface area contributed by atoms with Crippen LogP contribution in [0, 0.1) is 0 Å². The molecule has 1 aromatic carbocycles. The maximum atomic E-state index is 12.1. The Balaban J connectivity index is 0.00000200. The fourth-order valence-corrected chi connectivity index (χ4v) is 2.17. The zero-order chi connectivity index (χ0) is 14.0. The molecule has 3 N–H and O–H groups in total. The van der Waals surface area contributed by atoms with E-state index in [0.717, 1.165) is 4.90 Å². The standard InChI is InChI=1S/C13H14N2O4.ClH/c14-7-3-6-10(13(18)19)15-11(16)8-4-1-2-5-9(8)12(15)17;/h1-2,4-5,10H,3,6-7,14H2,(H,18,19);1H/t10-;/m0./s1. The number of amides is 2. The van der Waals surface area contributed by atoms with E-state index < -0.39 is 23.8 Å². The number of hydrogen-bond donors (Lipinski definition) is 2. The predicted molar refractivity (Wildman–Crippen MR) is 73.9 cm³/mol. The van der Waals surface area contributed by atoms with Crippen LogP contribution in [0.3, 0.4) is 0 Å². The summed E-state index contributed by atoms with van der Waals surface area (Å²) in [4.78, 5) is 36.3. The molecule has 0 bridgehead atoms. The SMILES string of the molecule is Cl.NCCC[C@@H](C(=O)O)N1C(=O)c2ccccc2C1=O. The summed E-state index contributed by atoms with van der Waals surface area (Å²) in [5, 5.41) is 9.19. The molecule has 0 aromatic heterocycles. The van der Waals surface area contributed by atoms with Crippen molar-refractivity contribution in [3.05, 3.63) is 35.4 Å². The van der Waals surface area contributed by atoms with Gasteiger partial charge < -0.3 is 10.8 Å². The zero-order valence-corrected chi connectivity index (χ0v) is 11.4. The van der Waals surface area contributed by atoms with Gasteiger partial charge in [0.25, 0.3) is 11.8 Å². The van der Waals surface area contributed by atoms with Crippen LogP contribution in [0.25, 0.3) is 0 Å². The summed E-state index contributed by atoms with van der Waals surface area (Å²) in [6, 6.07) is 5.18. The number of nitrogens with two attached hydrogens (primary N) is 1. The average molecular weight is 299 g/mol. The minimum atomic E-state index is -1.19. The molecule has 1 aliphatic rings. The Morgan fingerprint density at radius 2 is 1.70 bits per heavy atom. The number of carboxylic acid groups (broad SMARTS) is 1. The van der Waals surface area contributed by atoms with Crippen molar-refractivity contribution >= 4 is 30.2 Å². The van der Waals surface area contributed by atoms with Crippen molar-refractivity contribution in [3.8, 4) is 0 Å². The Morgan fingerprint density at radius 3 is 2.10 bits per heavy atom. The molecule has 6 nitrogen and oxygen atoms in total. The second-order valence-corrected chi connectivity index (χ2v) is 4.31. The van der Waals surface area contributed by atoms with Crippen molar-refractivity contribution in [1.29, 1.82) is 0 Å². The van der Waals surface area contributed by atoms with E-state index >= 15 is 0 Å². The lowest BCUT2D eigenvalue weighted by molar-refractivity contribution is -0.141. The van der Waals surface area contributed by atoms with Gasteiger partial charge in [0.2, 0.25) is 0 Å². The first-order chi connectivity index (χ1) is 9.07. The van der Waals surface area contributed by atoms with Crippen LogP contribution in [-0.4, -0.2) is 40.4 Å². The molecule has 0 unspecified atom stereocenters. The summed E-state index contributed by atoms with van der Waals surface area (Å²) in [7, 11) is 0. The number of aliphatic carboxylic acids is 1. The molecule has 1 atom stereocenters.